The van der Waals surface area contributed by atoms with E-state index in [0.717, 1.165) is 28.8 Å². The number of fused-ring (bicyclic) bond motifs is 1. The van der Waals surface area contributed by atoms with Crippen molar-refractivity contribution in [2.75, 3.05) is 19.7 Å². The van der Waals surface area contributed by atoms with Crippen LogP contribution in [-0.2, 0) is 18.3 Å². The average molecular weight is 327 g/mol. The zero-order valence-electron chi connectivity index (χ0n) is 13.4. The number of rotatable bonds is 3. The van der Waals surface area contributed by atoms with Gasteiger partial charge in [0.1, 0.15) is 18.2 Å². The molecule has 6 nitrogen and oxygen atoms in total. The van der Waals surface area contributed by atoms with Crippen molar-refractivity contribution in [3.8, 4) is 0 Å². The zero-order chi connectivity index (χ0) is 16.5. The summed E-state index contributed by atoms with van der Waals surface area (Å²) in [6.07, 6.45) is 3.28. The van der Waals surface area contributed by atoms with Gasteiger partial charge in [0.05, 0.1) is 12.1 Å². The van der Waals surface area contributed by atoms with Crippen molar-refractivity contribution in [3.05, 3.63) is 54.0 Å². The molecule has 7 heteroatoms. The molecular weight excluding hydrogens is 309 g/mol. The molecule has 3 heterocycles. The number of morpholine rings is 1. The molecule has 124 valence electrons. The van der Waals surface area contributed by atoms with Gasteiger partial charge in [0.25, 0.3) is 0 Å². The van der Waals surface area contributed by atoms with Crippen LogP contribution < -0.4 is 0 Å². The zero-order valence-corrected chi connectivity index (χ0v) is 13.4. The number of halogens is 1. The SMILES string of the molecule is Cn1cnnc1C1CN(Cc2cc(F)cc3cccnc23)CCO1. The highest BCUT2D eigenvalue weighted by atomic mass is 19.1. The lowest BCUT2D eigenvalue weighted by molar-refractivity contribution is -0.0384. The fraction of sp³-hybridized carbons (Fsp3) is 0.353. The maximum atomic E-state index is 13.9. The third-order valence-corrected chi connectivity index (χ3v) is 4.33. The van der Waals surface area contributed by atoms with Crippen LogP contribution in [0.4, 0.5) is 4.39 Å². The first kappa shape index (κ1) is 15.2. The van der Waals surface area contributed by atoms with Crippen LogP contribution in [0.3, 0.4) is 0 Å². The molecule has 1 fully saturated rings. The molecule has 1 saturated heterocycles. The van der Waals surface area contributed by atoms with Crippen molar-refractivity contribution < 1.29 is 9.13 Å². The lowest BCUT2D eigenvalue weighted by Gasteiger charge is -2.32. The molecule has 1 aliphatic heterocycles. The Morgan fingerprint density at radius 2 is 2.29 bits per heavy atom. The molecule has 1 aromatic carbocycles. The Labute approximate surface area is 138 Å². The summed E-state index contributed by atoms with van der Waals surface area (Å²) in [4.78, 5) is 6.66. The average Bonchev–Trinajstić information content (AvgIpc) is 3.01. The summed E-state index contributed by atoms with van der Waals surface area (Å²) in [7, 11) is 1.90. The van der Waals surface area contributed by atoms with Crippen LogP contribution in [0.15, 0.2) is 36.8 Å². The van der Waals surface area contributed by atoms with Gasteiger partial charge in [0.2, 0.25) is 0 Å². The summed E-state index contributed by atoms with van der Waals surface area (Å²) in [5, 5.41) is 8.87. The smallest absolute Gasteiger partial charge is 0.163 e. The largest absolute Gasteiger partial charge is 0.368 e. The van der Waals surface area contributed by atoms with Gasteiger partial charge < -0.3 is 9.30 Å². The van der Waals surface area contributed by atoms with E-state index in [1.807, 2.05) is 23.7 Å². The van der Waals surface area contributed by atoms with Gasteiger partial charge in [-0.1, -0.05) is 6.07 Å². The molecule has 0 amide bonds. The van der Waals surface area contributed by atoms with Gasteiger partial charge in [-0.3, -0.25) is 9.88 Å². The summed E-state index contributed by atoms with van der Waals surface area (Å²) in [6.45, 7) is 2.72. The Morgan fingerprint density at radius 3 is 3.12 bits per heavy atom. The lowest BCUT2D eigenvalue weighted by Crippen LogP contribution is -2.38. The number of aromatic nitrogens is 4. The molecule has 24 heavy (non-hydrogen) atoms. The Morgan fingerprint density at radius 1 is 1.38 bits per heavy atom. The van der Waals surface area contributed by atoms with Crippen LogP contribution in [0.2, 0.25) is 0 Å². The number of hydrogen-bond donors (Lipinski definition) is 0. The highest BCUT2D eigenvalue weighted by molar-refractivity contribution is 5.81. The molecule has 3 aromatic rings. The molecule has 0 radical (unpaired) electrons. The minimum Gasteiger partial charge on any atom is -0.368 e. The third kappa shape index (κ3) is 2.88. The minimum absolute atomic E-state index is 0.126. The Bertz CT molecular complexity index is 865. The van der Waals surface area contributed by atoms with E-state index in [0.29, 0.717) is 19.7 Å². The molecular formula is C17H18FN5O. The molecule has 0 saturated carbocycles. The predicted molar refractivity (Wildman–Crippen MR) is 86.7 cm³/mol. The van der Waals surface area contributed by atoms with Gasteiger partial charge in [-0.2, -0.15) is 0 Å². The highest BCUT2D eigenvalue weighted by Crippen LogP contribution is 2.24. The van der Waals surface area contributed by atoms with Crippen LogP contribution in [0, 0.1) is 5.82 Å². The Kier molecular flexibility index (Phi) is 3.95. The third-order valence-electron chi connectivity index (χ3n) is 4.33. The Hall–Kier alpha value is -2.38. The fourth-order valence-electron chi connectivity index (χ4n) is 3.17. The summed E-state index contributed by atoms with van der Waals surface area (Å²) < 4.78 is 21.6. The van der Waals surface area contributed by atoms with E-state index in [4.69, 9.17) is 4.74 Å². The van der Waals surface area contributed by atoms with Gasteiger partial charge in [-0.15, -0.1) is 10.2 Å². The van der Waals surface area contributed by atoms with E-state index >= 15 is 0 Å². The van der Waals surface area contributed by atoms with Crippen molar-refractivity contribution in [3.63, 3.8) is 0 Å². The lowest BCUT2D eigenvalue weighted by atomic mass is 10.1. The Balaban J connectivity index is 1.58. The molecule has 0 N–H and O–H groups in total. The van der Waals surface area contributed by atoms with E-state index < -0.39 is 0 Å². The van der Waals surface area contributed by atoms with Gasteiger partial charge in [0.15, 0.2) is 5.82 Å². The van der Waals surface area contributed by atoms with Crippen molar-refractivity contribution in [2.45, 2.75) is 12.6 Å². The second kappa shape index (κ2) is 6.26. The van der Waals surface area contributed by atoms with Crippen LogP contribution in [0.1, 0.15) is 17.5 Å². The molecule has 0 bridgehead atoms. The maximum Gasteiger partial charge on any atom is 0.163 e. The summed E-state index contributed by atoms with van der Waals surface area (Å²) >= 11 is 0. The molecule has 2 aromatic heterocycles. The van der Waals surface area contributed by atoms with Crippen molar-refractivity contribution in [1.29, 1.82) is 0 Å². The van der Waals surface area contributed by atoms with Crippen LogP contribution in [0.25, 0.3) is 10.9 Å². The summed E-state index contributed by atoms with van der Waals surface area (Å²) in [5.41, 5.74) is 1.74. The monoisotopic (exact) mass is 327 g/mol. The number of aryl methyl sites for hydroxylation is 1. The van der Waals surface area contributed by atoms with Crippen LogP contribution >= 0.6 is 0 Å². The number of nitrogens with zero attached hydrogens (tertiary/aromatic N) is 5. The number of ether oxygens (including phenoxy) is 1. The van der Waals surface area contributed by atoms with E-state index in [1.54, 1.807) is 18.6 Å². The first-order valence-electron chi connectivity index (χ1n) is 7.92. The van der Waals surface area contributed by atoms with Gasteiger partial charge in [-0.25, -0.2) is 4.39 Å². The first-order valence-corrected chi connectivity index (χ1v) is 7.92. The van der Waals surface area contributed by atoms with Gasteiger partial charge >= 0.3 is 0 Å². The molecule has 1 aliphatic rings. The minimum atomic E-state index is -0.233. The maximum absolute atomic E-state index is 13.9. The molecule has 1 unspecified atom stereocenters. The number of pyridine rings is 1. The van der Waals surface area contributed by atoms with E-state index in [9.17, 15) is 4.39 Å². The molecule has 1 atom stereocenters. The molecule has 0 aliphatic carbocycles. The van der Waals surface area contributed by atoms with Gasteiger partial charge in [0, 0.05) is 38.3 Å². The number of hydrogen-bond acceptors (Lipinski definition) is 5. The summed E-state index contributed by atoms with van der Waals surface area (Å²) in [6, 6.07) is 6.80. The van der Waals surface area contributed by atoms with Crippen molar-refractivity contribution in [2.24, 2.45) is 7.05 Å². The van der Waals surface area contributed by atoms with E-state index in [-0.39, 0.29) is 11.9 Å². The summed E-state index contributed by atoms with van der Waals surface area (Å²) in [5.74, 6) is 0.575. The van der Waals surface area contributed by atoms with Gasteiger partial charge in [-0.05, 0) is 23.8 Å². The highest BCUT2D eigenvalue weighted by Gasteiger charge is 2.26. The second-order valence-corrected chi connectivity index (χ2v) is 6.03. The molecule has 0 spiro atoms. The van der Waals surface area contributed by atoms with Crippen molar-refractivity contribution in [1.82, 2.24) is 24.6 Å². The fourth-order valence-corrected chi connectivity index (χ4v) is 3.17. The predicted octanol–water partition coefficient (Wildman–Crippen LogP) is 2.08. The number of benzene rings is 1. The van der Waals surface area contributed by atoms with Crippen LogP contribution in [0.5, 0.6) is 0 Å². The van der Waals surface area contributed by atoms with Crippen LogP contribution in [-0.4, -0.2) is 44.3 Å². The standard InChI is InChI=1S/C17H18FN5O/c1-22-11-20-21-17(22)15-10-23(5-6-24-15)9-13-8-14(18)7-12-3-2-4-19-16(12)13/h2-4,7-8,11,15H,5-6,9-10H2,1H3. The second-order valence-electron chi connectivity index (χ2n) is 6.03. The van der Waals surface area contributed by atoms with E-state index in [1.165, 1.54) is 6.07 Å². The van der Waals surface area contributed by atoms with Crippen molar-refractivity contribution >= 4 is 10.9 Å². The first-order chi connectivity index (χ1) is 11.7. The quantitative estimate of drug-likeness (QED) is 0.737. The van der Waals surface area contributed by atoms with E-state index in [2.05, 4.69) is 20.1 Å². The normalized spacial score (nSPS) is 19.0. The molecule has 4 rings (SSSR count). The topological polar surface area (TPSA) is 56.1 Å².